The van der Waals surface area contributed by atoms with Crippen LogP contribution in [0.2, 0.25) is 0 Å². The summed E-state index contributed by atoms with van der Waals surface area (Å²) in [5.41, 5.74) is 0.0982. The number of carbonyl (C=O) groups excluding carboxylic acids is 1. The number of carbonyl (C=O) groups is 1. The lowest BCUT2D eigenvalue weighted by Crippen LogP contribution is -2.34. The number of rotatable bonds is 8. The fraction of sp³-hybridized carbons (Fsp3) is 0.947. The fourth-order valence-corrected chi connectivity index (χ4v) is 2.88. The van der Waals surface area contributed by atoms with Crippen LogP contribution in [0.5, 0.6) is 0 Å². The molecule has 0 aromatic heterocycles. The SMILES string of the molecule is CC(C)(C)CCCCCCCC(C)(C)C(=O)C(C)(C)C. The molecule has 0 aromatic carbocycles. The molecule has 0 saturated heterocycles. The standard InChI is InChI=1S/C19H38O/c1-17(2,3)14-12-10-9-11-13-15-19(7,8)16(20)18(4,5)6/h9-15H2,1-8H3. The van der Waals surface area contributed by atoms with E-state index in [1.165, 1.54) is 38.5 Å². The number of unbranched alkanes of at least 4 members (excludes halogenated alkanes) is 4. The van der Waals surface area contributed by atoms with Crippen molar-refractivity contribution in [3.05, 3.63) is 0 Å². The highest BCUT2D eigenvalue weighted by Crippen LogP contribution is 2.33. The second kappa shape index (κ2) is 7.61. The highest BCUT2D eigenvalue weighted by atomic mass is 16.1. The minimum atomic E-state index is -0.212. The molecule has 0 fully saturated rings. The van der Waals surface area contributed by atoms with Crippen molar-refractivity contribution in [1.29, 1.82) is 0 Å². The maximum Gasteiger partial charge on any atom is 0.143 e. The maximum atomic E-state index is 12.4. The number of ketones is 1. The zero-order chi connectivity index (χ0) is 16.0. The number of hydrogen-bond donors (Lipinski definition) is 0. The molecule has 0 unspecified atom stereocenters. The van der Waals surface area contributed by atoms with Crippen LogP contribution in [-0.2, 0) is 4.79 Å². The molecule has 0 spiro atoms. The van der Waals surface area contributed by atoms with Gasteiger partial charge in [-0.2, -0.15) is 0 Å². The van der Waals surface area contributed by atoms with E-state index in [4.69, 9.17) is 0 Å². The van der Waals surface area contributed by atoms with Crippen LogP contribution in [0.4, 0.5) is 0 Å². The quantitative estimate of drug-likeness (QED) is 0.470. The lowest BCUT2D eigenvalue weighted by atomic mass is 9.72. The van der Waals surface area contributed by atoms with Crippen molar-refractivity contribution in [3.8, 4) is 0 Å². The average Bonchev–Trinajstić information content (AvgIpc) is 2.23. The molecule has 0 bridgehead atoms. The molecule has 0 atom stereocenters. The van der Waals surface area contributed by atoms with Gasteiger partial charge < -0.3 is 0 Å². The minimum absolute atomic E-state index is 0.163. The second-order valence-electron chi connectivity index (χ2n) is 9.29. The van der Waals surface area contributed by atoms with E-state index < -0.39 is 0 Å². The Labute approximate surface area is 127 Å². The Kier molecular flexibility index (Phi) is 7.49. The molecule has 0 N–H and O–H groups in total. The predicted molar refractivity (Wildman–Crippen MR) is 90.0 cm³/mol. The van der Waals surface area contributed by atoms with Crippen molar-refractivity contribution in [2.45, 2.75) is 100 Å². The Balaban J connectivity index is 3.82. The normalized spacial score (nSPS) is 13.6. The van der Waals surface area contributed by atoms with Gasteiger partial charge in [0.15, 0.2) is 0 Å². The van der Waals surface area contributed by atoms with E-state index in [0.29, 0.717) is 11.2 Å². The Morgan fingerprint density at radius 3 is 1.45 bits per heavy atom. The first kappa shape index (κ1) is 19.7. The lowest BCUT2D eigenvalue weighted by Gasteiger charge is -2.30. The number of Topliss-reactive ketones (excluding diaryl/α,β-unsaturated/α-hetero) is 1. The molecule has 0 aliphatic rings. The summed E-state index contributed by atoms with van der Waals surface area (Å²) in [6.45, 7) is 17.3. The maximum absolute atomic E-state index is 12.4. The van der Waals surface area contributed by atoms with Crippen molar-refractivity contribution in [2.24, 2.45) is 16.2 Å². The van der Waals surface area contributed by atoms with Gasteiger partial charge >= 0.3 is 0 Å². The van der Waals surface area contributed by atoms with Gasteiger partial charge in [0.05, 0.1) is 0 Å². The highest BCUT2D eigenvalue weighted by Gasteiger charge is 2.35. The lowest BCUT2D eigenvalue weighted by molar-refractivity contribution is -0.135. The van der Waals surface area contributed by atoms with Crippen LogP contribution in [0.1, 0.15) is 100 Å². The van der Waals surface area contributed by atoms with Gasteiger partial charge in [0.1, 0.15) is 5.78 Å². The molecular weight excluding hydrogens is 244 g/mol. The molecule has 1 nitrogen and oxygen atoms in total. The highest BCUT2D eigenvalue weighted by molar-refractivity contribution is 5.88. The van der Waals surface area contributed by atoms with Crippen LogP contribution in [0.25, 0.3) is 0 Å². The van der Waals surface area contributed by atoms with Crippen LogP contribution in [-0.4, -0.2) is 5.78 Å². The van der Waals surface area contributed by atoms with Crippen molar-refractivity contribution >= 4 is 5.78 Å². The smallest absolute Gasteiger partial charge is 0.143 e. The first-order valence-electron chi connectivity index (χ1n) is 8.41. The van der Waals surface area contributed by atoms with Crippen molar-refractivity contribution in [3.63, 3.8) is 0 Å². The van der Waals surface area contributed by atoms with E-state index in [0.717, 1.165) is 6.42 Å². The van der Waals surface area contributed by atoms with E-state index in [2.05, 4.69) is 34.6 Å². The molecule has 120 valence electrons. The predicted octanol–water partition coefficient (Wildman–Crippen LogP) is 6.40. The van der Waals surface area contributed by atoms with E-state index in [1.807, 2.05) is 20.8 Å². The number of hydrogen-bond acceptors (Lipinski definition) is 1. The summed E-state index contributed by atoms with van der Waals surface area (Å²) in [5.74, 6) is 0.401. The Morgan fingerprint density at radius 1 is 0.650 bits per heavy atom. The van der Waals surface area contributed by atoms with E-state index in [-0.39, 0.29) is 10.8 Å². The molecule has 0 radical (unpaired) electrons. The fourth-order valence-electron chi connectivity index (χ4n) is 2.88. The van der Waals surface area contributed by atoms with Gasteiger partial charge in [-0.15, -0.1) is 0 Å². The molecule has 0 aromatic rings. The van der Waals surface area contributed by atoms with Gasteiger partial charge in [0.2, 0.25) is 0 Å². The van der Waals surface area contributed by atoms with Gasteiger partial charge in [0.25, 0.3) is 0 Å². The van der Waals surface area contributed by atoms with E-state index in [9.17, 15) is 4.79 Å². The Bertz CT molecular complexity index is 286. The second-order valence-corrected chi connectivity index (χ2v) is 9.29. The van der Waals surface area contributed by atoms with E-state index in [1.54, 1.807) is 0 Å². The monoisotopic (exact) mass is 282 g/mol. The van der Waals surface area contributed by atoms with Crippen molar-refractivity contribution in [1.82, 2.24) is 0 Å². The molecule has 20 heavy (non-hydrogen) atoms. The first-order valence-corrected chi connectivity index (χ1v) is 8.41. The van der Waals surface area contributed by atoms with Crippen LogP contribution >= 0.6 is 0 Å². The average molecular weight is 283 g/mol. The molecule has 1 heteroatoms. The zero-order valence-corrected chi connectivity index (χ0v) is 15.4. The topological polar surface area (TPSA) is 17.1 Å². The Hall–Kier alpha value is -0.330. The summed E-state index contributed by atoms with van der Waals surface area (Å²) < 4.78 is 0. The summed E-state index contributed by atoms with van der Waals surface area (Å²) in [4.78, 5) is 12.4. The van der Waals surface area contributed by atoms with Crippen LogP contribution in [0, 0.1) is 16.2 Å². The Morgan fingerprint density at radius 2 is 1.05 bits per heavy atom. The summed E-state index contributed by atoms with van der Waals surface area (Å²) in [7, 11) is 0. The molecule has 0 aliphatic heterocycles. The van der Waals surface area contributed by atoms with E-state index >= 15 is 0 Å². The van der Waals surface area contributed by atoms with Crippen LogP contribution in [0.3, 0.4) is 0 Å². The third-order valence-corrected chi connectivity index (χ3v) is 4.02. The third-order valence-electron chi connectivity index (χ3n) is 4.02. The summed E-state index contributed by atoms with van der Waals surface area (Å²) in [6, 6.07) is 0. The van der Waals surface area contributed by atoms with Crippen molar-refractivity contribution in [2.75, 3.05) is 0 Å². The third kappa shape index (κ3) is 8.76. The molecular formula is C19H38O. The van der Waals surface area contributed by atoms with Crippen LogP contribution < -0.4 is 0 Å². The summed E-state index contributed by atoms with van der Waals surface area (Å²) >= 11 is 0. The minimum Gasteiger partial charge on any atom is -0.299 e. The summed E-state index contributed by atoms with van der Waals surface area (Å²) in [6.07, 6.45) is 8.80. The molecule has 0 rings (SSSR count). The van der Waals surface area contributed by atoms with Gasteiger partial charge in [-0.05, 0) is 18.3 Å². The van der Waals surface area contributed by atoms with Gasteiger partial charge in [-0.25, -0.2) is 0 Å². The van der Waals surface area contributed by atoms with Crippen LogP contribution in [0.15, 0.2) is 0 Å². The molecule has 0 amide bonds. The largest absolute Gasteiger partial charge is 0.299 e. The van der Waals surface area contributed by atoms with Gasteiger partial charge in [0, 0.05) is 10.8 Å². The summed E-state index contributed by atoms with van der Waals surface area (Å²) in [5, 5.41) is 0. The van der Waals surface area contributed by atoms with Gasteiger partial charge in [-0.1, -0.05) is 87.5 Å². The first-order chi connectivity index (χ1) is 8.86. The zero-order valence-electron chi connectivity index (χ0n) is 15.4. The molecule has 0 aliphatic carbocycles. The molecule has 0 saturated carbocycles. The van der Waals surface area contributed by atoms with Crippen molar-refractivity contribution < 1.29 is 4.79 Å². The molecule has 0 heterocycles. The van der Waals surface area contributed by atoms with Gasteiger partial charge in [-0.3, -0.25) is 4.79 Å².